The highest BCUT2D eigenvalue weighted by atomic mass is 32.1. The van der Waals surface area contributed by atoms with E-state index in [0.717, 1.165) is 29.5 Å². The highest BCUT2D eigenvalue weighted by Gasteiger charge is 2.05. The number of pyridine rings is 1. The molecule has 2 N–H and O–H groups in total. The lowest BCUT2D eigenvalue weighted by atomic mass is 10.2. The van der Waals surface area contributed by atoms with Gasteiger partial charge in [0.2, 0.25) is 0 Å². The summed E-state index contributed by atoms with van der Waals surface area (Å²) in [4.78, 5) is 8.81. The van der Waals surface area contributed by atoms with Gasteiger partial charge in [0, 0.05) is 31.3 Å². The zero-order valence-electron chi connectivity index (χ0n) is 10.3. The van der Waals surface area contributed by atoms with Crippen molar-refractivity contribution in [3.63, 3.8) is 0 Å². The summed E-state index contributed by atoms with van der Waals surface area (Å²) in [6, 6.07) is 5.82. The Hall–Kier alpha value is -1.30. The summed E-state index contributed by atoms with van der Waals surface area (Å²) in [6.45, 7) is 3.75. The molecular weight excluding hydrogens is 246 g/mol. The van der Waals surface area contributed by atoms with Gasteiger partial charge in [-0.1, -0.05) is 13.0 Å². The van der Waals surface area contributed by atoms with Crippen molar-refractivity contribution >= 4 is 11.3 Å². The second-order valence-electron chi connectivity index (χ2n) is 4.28. The molecule has 0 bridgehead atoms. The van der Waals surface area contributed by atoms with Crippen LogP contribution in [0.15, 0.2) is 29.8 Å². The van der Waals surface area contributed by atoms with Crippen molar-refractivity contribution in [2.45, 2.75) is 13.5 Å². The summed E-state index contributed by atoms with van der Waals surface area (Å²) >= 11 is 1.60. The maximum absolute atomic E-state index is 8.92. The van der Waals surface area contributed by atoms with Crippen molar-refractivity contribution < 1.29 is 5.11 Å². The van der Waals surface area contributed by atoms with E-state index in [2.05, 4.69) is 15.3 Å². The van der Waals surface area contributed by atoms with Gasteiger partial charge in [0.25, 0.3) is 0 Å². The summed E-state index contributed by atoms with van der Waals surface area (Å²) in [6.07, 6.45) is 1.78. The average Bonchev–Trinajstić information content (AvgIpc) is 2.88. The summed E-state index contributed by atoms with van der Waals surface area (Å²) in [7, 11) is 0. The highest BCUT2D eigenvalue weighted by Crippen LogP contribution is 2.21. The van der Waals surface area contributed by atoms with E-state index in [0.29, 0.717) is 0 Å². The molecule has 0 saturated heterocycles. The standard InChI is InChI=1S/C13H17N3OS/c1-10(8-17)6-14-7-11-9-18-13(16-11)12-4-2-3-5-15-12/h2-5,9-10,14,17H,6-8H2,1H3. The largest absolute Gasteiger partial charge is 0.396 e. The number of aliphatic hydroxyl groups is 1. The van der Waals surface area contributed by atoms with Crippen LogP contribution < -0.4 is 5.32 Å². The lowest BCUT2D eigenvalue weighted by molar-refractivity contribution is 0.233. The quantitative estimate of drug-likeness (QED) is 0.836. The molecule has 2 aromatic rings. The molecule has 2 heterocycles. The van der Waals surface area contributed by atoms with Gasteiger partial charge in [0.15, 0.2) is 0 Å². The molecule has 96 valence electrons. The van der Waals surface area contributed by atoms with Gasteiger partial charge in [0.1, 0.15) is 5.01 Å². The molecule has 0 fully saturated rings. The number of aliphatic hydroxyl groups excluding tert-OH is 1. The van der Waals surface area contributed by atoms with Gasteiger partial charge in [0.05, 0.1) is 11.4 Å². The van der Waals surface area contributed by atoms with Crippen LogP contribution >= 0.6 is 11.3 Å². The van der Waals surface area contributed by atoms with Crippen molar-refractivity contribution in [1.29, 1.82) is 0 Å². The molecule has 18 heavy (non-hydrogen) atoms. The second-order valence-corrected chi connectivity index (χ2v) is 5.14. The van der Waals surface area contributed by atoms with Crippen LogP contribution in [0.25, 0.3) is 10.7 Å². The fourth-order valence-corrected chi connectivity index (χ4v) is 2.30. The van der Waals surface area contributed by atoms with Crippen molar-refractivity contribution in [2.24, 2.45) is 5.92 Å². The van der Waals surface area contributed by atoms with Gasteiger partial charge in [-0.3, -0.25) is 4.98 Å². The van der Waals surface area contributed by atoms with E-state index < -0.39 is 0 Å². The van der Waals surface area contributed by atoms with Crippen LogP contribution in [0.5, 0.6) is 0 Å². The number of nitrogens with one attached hydrogen (secondary N) is 1. The molecule has 5 heteroatoms. The van der Waals surface area contributed by atoms with E-state index in [1.165, 1.54) is 0 Å². The van der Waals surface area contributed by atoms with Gasteiger partial charge in [-0.2, -0.15) is 0 Å². The number of thiazole rings is 1. The third-order valence-electron chi connectivity index (χ3n) is 2.55. The first-order valence-corrected chi connectivity index (χ1v) is 6.85. The molecule has 0 amide bonds. The number of nitrogens with zero attached hydrogens (tertiary/aromatic N) is 2. The Bertz CT molecular complexity index is 472. The minimum Gasteiger partial charge on any atom is -0.396 e. The Balaban J connectivity index is 1.91. The highest BCUT2D eigenvalue weighted by molar-refractivity contribution is 7.13. The van der Waals surface area contributed by atoms with Crippen LogP contribution in [-0.4, -0.2) is 28.2 Å². The molecule has 0 aromatic carbocycles. The molecule has 2 aromatic heterocycles. The zero-order valence-corrected chi connectivity index (χ0v) is 11.2. The Morgan fingerprint density at radius 3 is 3.06 bits per heavy atom. The normalized spacial score (nSPS) is 12.6. The molecule has 0 saturated carbocycles. The molecule has 1 unspecified atom stereocenters. The summed E-state index contributed by atoms with van der Waals surface area (Å²) in [5, 5.41) is 15.2. The lowest BCUT2D eigenvalue weighted by Gasteiger charge is -2.07. The molecule has 0 aliphatic rings. The van der Waals surface area contributed by atoms with E-state index >= 15 is 0 Å². The van der Waals surface area contributed by atoms with Crippen molar-refractivity contribution in [3.8, 4) is 10.7 Å². The minimum absolute atomic E-state index is 0.212. The van der Waals surface area contributed by atoms with E-state index in [-0.39, 0.29) is 12.5 Å². The fraction of sp³-hybridized carbons (Fsp3) is 0.385. The fourth-order valence-electron chi connectivity index (χ4n) is 1.51. The topological polar surface area (TPSA) is 58.0 Å². The minimum atomic E-state index is 0.212. The third kappa shape index (κ3) is 3.60. The van der Waals surface area contributed by atoms with E-state index in [4.69, 9.17) is 5.11 Å². The molecule has 0 radical (unpaired) electrons. The monoisotopic (exact) mass is 263 g/mol. The van der Waals surface area contributed by atoms with Crippen molar-refractivity contribution in [3.05, 3.63) is 35.5 Å². The smallest absolute Gasteiger partial charge is 0.142 e. The second kappa shape index (κ2) is 6.58. The zero-order chi connectivity index (χ0) is 12.8. The first kappa shape index (κ1) is 13.1. The van der Waals surface area contributed by atoms with Crippen LogP contribution in [0.1, 0.15) is 12.6 Å². The predicted molar refractivity (Wildman–Crippen MR) is 73.3 cm³/mol. The van der Waals surface area contributed by atoms with Gasteiger partial charge in [-0.15, -0.1) is 11.3 Å². The van der Waals surface area contributed by atoms with Crippen LogP contribution in [0.3, 0.4) is 0 Å². The first-order valence-electron chi connectivity index (χ1n) is 5.97. The molecule has 4 nitrogen and oxygen atoms in total. The Labute approximate surface area is 111 Å². The first-order chi connectivity index (χ1) is 8.79. The van der Waals surface area contributed by atoms with Crippen LogP contribution in [0, 0.1) is 5.92 Å². The van der Waals surface area contributed by atoms with Crippen molar-refractivity contribution in [1.82, 2.24) is 15.3 Å². The molecule has 1 atom stereocenters. The molecular formula is C13H17N3OS. The molecule has 2 rings (SSSR count). The molecule has 0 spiro atoms. The Morgan fingerprint density at radius 1 is 1.44 bits per heavy atom. The molecule has 0 aliphatic heterocycles. The van der Waals surface area contributed by atoms with Crippen LogP contribution in [-0.2, 0) is 6.54 Å². The summed E-state index contributed by atoms with van der Waals surface area (Å²) in [5.41, 5.74) is 1.93. The van der Waals surface area contributed by atoms with Crippen molar-refractivity contribution in [2.75, 3.05) is 13.2 Å². The lowest BCUT2D eigenvalue weighted by Crippen LogP contribution is -2.22. The number of hydrogen-bond donors (Lipinski definition) is 2. The average molecular weight is 263 g/mol. The number of hydrogen-bond acceptors (Lipinski definition) is 5. The van der Waals surface area contributed by atoms with Gasteiger partial charge in [-0.25, -0.2) is 4.98 Å². The van der Waals surface area contributed by atoms with Gasteiger partial charge >= 0.3 is 0 Å². The predicted octanol–water partition coefficient (Wildman–Crippen LogP) is 1.92. The summed E-state index contributed by atoms with van der Waals surface area (Å²) < 4.78 is 0. The van der Waals surface area contributed by atoms with Crippen LogP contribution in [0.4, 0.5) is 0 Å². The van der Waals surface area contributed by atoms with E-state index in [9.17, 15) is 0 Å². The molecule has 0 aliphatic carbocycles. The Morgan fingerprint density at radius 2 is 2.33 bits per heavy atom. The van der Waals surface area contributed by atoms with Gasteiger partial charge in [-0.05, 0) is 18.1 Å². The van der Waals surface area contributed by atoms with E-state index in [1.54, 1.807) is 17.5 Å². The third-order valence-corrected chi connectivity index (χ3v) is 3.46. The maximum atomic E-state index is 8.92. The van der Waals surface area contributed by atoms with Gasteiger partial charge < -0.3 is 10.4 Å². The van der Waals surface area contributed by atoms with Crippen LogP contribution in [0.2, 0.25) is 0 Å². The summed E-state index contributed by atoms with van der Waals surface area (Å²) in [5.74, 6) is 0.277. The number of aromatic nitrogens is 2. The number of rotatable bonds is 6. The SMILES string of the molecule is CC(CO)CNCc1csc(-c2ccccn2)n1. The maximum Gasteiger partial charge on any atom is 0.142 e. The van der Waals surface area contributed by atoms with E-state index in [1.807, 2.05) is 30.5 Å². The Kier molecular flexibility index (Phi) is 4.81.